The molecule has 0 atom stereocenters. The third kappa shape index (κ3) is 2.74. The van der Waals surface area contributed by atoms with Gasteiger partial charge in [-0.25, -0.2) is 22.0 Å². The van der Waals surface area contributed by atoms with Gasteiger partial charge in [0, 0.05) is 19.1 Å². The van der Waals surface area contributed by atoms with Crippen LogP contribution in [-0.4, -0.2) is 29.9 Å². The Labute approximate surface area is 112 Å². The molecule has 0 radical (unpaired) electrons. The van der Waals surface area contributed by atoms with E-state index in [0.717, 1.165) is 4.90 Å². The van der Waals surface area contributed by atoms with E-state index in [1.165, 1.54) is 13.8 Å². The highest BCUT2D eigenvalue weighted by molar-refractivity contribution is 5.95. The Morgan fingerprint density at radius 3 is 1.75 bits per heavy atom. The van der Waals surface area contributed by atoms with Crippen LogP contribution in [0.5, 0.6) is 0 Å². The summed E-state index contributed by atoms with van der Waals surface area (Å²) < 4.78 is 66.0. The largest absolute Gasteiger partial charge is 0.335 e. The Balaban J connectivity index is 3.43. The number of nitrogens with zero attached hydrogens (tertiary/aromatic N) is 1. The number of hydrogen-bond acceptors (Lipinski definition) is 2. The van der Waals surface area contributed by atoms with Crippen LogP contribution in [0.2, 0.25) is 0 Å². The molecule has 20 heavy (non-hydrogen) atoms. The summed E-state index contributed by atoms with van der Waals surface area (Å²) >= 11 is 0. The second-order valence-corrected chi connectivity index (χ2v) is 4.33. The van der Waals surface area contributed by atoms with Gasteiger partial charge in [-0.05, 0) is 13.8 Å². The molecule has 0 heterocycles. The van der Waals surface area contributed by atoms with E-state index in [4.69, 9.17) is 5.73 Å². The average molecular weight is 296 g/mol. The van der Waals surface area contributed by atoms with E-state index in [-0.39, 0.29) is 13.1 Å². The van der Waals surface area contributed by atoms with Crippen LogP contribution in [0.4, 0.5) is 22.0 Å². The highest BCUT2D eigenvalue weighted by Gasteiger charge is 2.32. The maximum atomic E-state index is 13.5. The lowest BCUT2D eigenvalue weighted by molar-refractivity contribution is 0.0698. The van der Waals surface area contributed by atoms with Crippen molar-refractivity contribution in [3.05, 3.63) is 34.6 Å². The summed E-state index contributed by atoms with van der Waals surface area (Å²) in [5.74, 6) is -12.2. The third-order valence-electron chi connectivity index (χ3n) is 2.68. The fourth-order valence-electron chi connectivity index (χ4n) is 1.67. The van der Waals surface area contributed by atoms with Crippen molar-refractivity contribution in [2.45, 2.75) is 19.9 Å². The van der Waals surface area contributed by atoms with Crippen LogP contribution in [0.1, 0.15) is 24.2 Å². The molecule has 3 nitrogen and oxygen atoms in total. The summed E-state index contributed by atoms with van der Waals surface area (Å²) in [4.78, 5) is 12.9. The van der Waals surface area contributed by atoms with E-state index in [9.17, 15) is 26.7 Å². The minimum atomic E-state index is -2.30. The standard InChI is InChI=1S/C12H13F5N2O/c1-5(2)19(4-3-18)12(20)6-7(13)9(15)11(17)10(16)8(6)14/h5H,3-4,18H2,1-2H3. The van der Waals surface area contributed by atoms with Gasteiger partial charge in [0.1, 0.15) is 5.56 Å². The molecule has 0 aromatic heterocycles. The van der Waals surface area contributed by atoms with Crippen molar-refractivity contribution in [3.63, 3.8) is 0 Å². The van der Waals surface area contributed by atoms with E-state index in [0.29, 0.717) is 0 Å². The zero-order chi connectivity index (χ0) is 15.6. The zero-order valence-electron chi connectivity index (χ0n) is 10.8. The van der Waals surface area contributed by atoms with Crippen LogP contribution in [0.15, 0.2) is 0 Å². The highest BCUT2D eigenvalue weighted by Crippen LogP contribution is 2.24. The van der Waals surface area contributed by atoms with E-state index in [1.807, 2.05) is 0 Å². The lowest BCUT2D eigenvalue weighted by Crippen LogP contribution is -2.41. The van der Waals surface area contributed by atoms with E-state index in [1.54, 1.807) is 0 Å². The molecule has 1 aromatic rings. The average Bonchev–Trinajstić information content (AvgIpc) is 2.40. The van der Waals surface area contributed by atoms with E-state index >= 15 is 0 Å². The Kier molecular flexibility index (Phi) is 5.04. The summed E-state index contributed by atoms with van der Waals surface area (Å²) in [6.45, 7) is 2.97. The van der Waals surface area contributed by atoms with Crippen molar-refractivity contribution >= 4 is 5.91 Å². The molecule has 0 aliphatic rings. The minimum Gasteiger partial charge on any atom is -0.335 e. The molecule has 0 aliphatic carbocycles. The van der Waals surface area contributed by atoms with Crippen LogP contribution in [-0.2, 0) is 0 Å². The lowest BCUT2D eigenvalue weighted by atomic mass is 10.1. The Morgan fingerprint density at radius 1 is 1.00 bits per heavy atom. The Morgan fingerprint density at radius 2 is 1.40 bits per heavy atom. The van der Waals surface area contributed by atoms with Crippen LogP contribution in [0, 0.1) is 29.1 Å². The molecular formula is C12H13F5N2O. The topological polar surface area (TPSA) is 46.3 Å². The van der Waals surface area contributed by atoms with Gasteiger partial charge in [-0.15, -0.1) is 0 Å². The minimum absolute atomic E-state index is 0.0146. The first-order chi connectivity index (χ1) is 9.23. The highest BCUT2D eigenvalue weighted by atomic mass is 19.2. The molecule has 0 saturated carbocycles. The molecule has 0 spiro atoms. The predicted molar refractivity (Wildman–Crippen MR) is 61.5 cm³/mol. The molecule has 8 heteroatoms. The van der Waals surface area contributed by atoms with Crippen molar-refractivity contribution in [2.75, 3.05) is 13.1 Å². The number of amides is 1. The smallest absolute Gasteiger partial charge is 0.260 e. The number of halogens is 5. The van der Waals surface area contributed by atoms with Crippen LogP contribution in [0.3, 0.4) is 0 Å². The normalized spacial score (nSPS) is 11.1. The van der Waals surface area contributed by atoms with E-state index < -0.39 is 46.6 Å². The van der Waals surface area contributed by atoms with Crippen LogP contribution in [0.25, 0.3) is 0 Å². The van der Waals surface area contributed by atoms with Gasteiger partial charge in [0.2, 0.25) is 5.82 Å². The molecule has 0 saturated heterocycles. The molecule has 0 aliphatic heterocycles. The molecular weight excluding hydrogens is 283 g/mol. The van der Waals surface area contributed by atoms with Gasteiger partial charge in [0.05, 0.1) is 0 Å². The molecule has 0 fully saturated rings. The first kappa shape index (κ1) is 16.4. The number of carbonyl (C=O) groups is 1. The second kappa shape index (κ2) is 6.17. The fraction of sp³-hybridized carbons (Fsp3) is 0.417. The first-order valence-corrected chi connectivity index (χ1v) is 5.76. The number of nitrogens with two attached hydrogens (primary N) is 1. The van der Waals surface area contributed by atoms with Gasteiger partial charge in [-0.1, -0.05) is 0 Å². The number of benzene rings is 1. The second-order valence-electron chi connectivity index (χ2n) is 4.33. The summed E-state index contributed by atoms with van der Waals surface area (Å²) in [5.41, 5.74) is 3.78. The quantitative estimate of drug-likeness (QED) is 0.526. The zero-order valence-corrected chi connectivity index (χ0v) is 10.8. The molecule has 2 N–H and O–H groups in total. The maximum absolute atomic E-state index is 13.5. The Bertz CT molecular complexity index is 504. The first-order valence-electron chi connectivity index (χ1n) is 5.76. The SMILES string of the molecule is CC(C)N(CCN)C(=O)c1c(F)c(F)c(F)c(F)c1F. The van der Waals surface area contributed by atoms with Gasteiger partial charge in [-0.3, -0.25) is 4.79 Å². The van der Waals surface area contributed by atoms with Gasteiger partial charge in [0.25, 0.3) is 5.91 Å². The molecule has 1 aromatic carbocycles. The summed E-state index contributed by atoms with van der Waals surface area (Å²) in [5, 5.41) is 0. The monoisotopic (exact) mass is 296 g/mol. The Hall–Kier alpha value is -1.70. The third-order valence-corrected chi connectivity index (χ3v) is 2.68. The molecule has 1 amide bonds. The molecule has 1 rings (SSSR count). The van der Waals surface area contributed by atoms with Gasteiger partial charge < -0.3 is 10.6 Å². The summed E-state index contributed by atoms with van der Waals surface area (Å²) in [6, 6.07) is -0.513. The van der Waals surface area contributed by atoms with E-state index in [2.05, 4.69) is 0 Å². The number of rotatable bonds is 4. The van der Waals surface area contributed by atoms with Crippen molar-refractivity contribution in [1.29, 1.82) is 0 Å². The van der Waals surface area contributed by atoms with Crippen molar-refractivity contribution in [3.8, 4) is 0 Å². The number of hydrogen-bond donors (Lipinski definition) is 1. The van der Waals surface area contributed by atoms with Crippen molar-refractivity contribution in [1.82, 2.24) is 4.90 Å². The van der Waals surface area contributed by atoms with Crippen molar-refractivity contribution < 1.29 is 26.7 Å². The lowest BCUT2D eigenvalue weighted by Gasteiger charge is -2.26. The van der Waals surface area contributed by atoms with Gasteiger partial charge in [0.15, 0.2) is 23.3 Å². The maximum Gasteiger partial charge on any atom is 0.260 e. The van der Waals surface area contributed by atoms with Gasteiger partial charge in [-0.2, -0.15) is 0 Å². The predicted octanol–water partition coefficient (Wildman–Crippen LogP) is 2.19. The van der Waals surface area contributed by atoms with Crippen LogP contribution < -0.4 is 5.73 Å². The number of carbonyl (C=O) groups excluding carboxylic acids is 1. The van der Waals surface area contributed by atoms with Crippen LogP contribution >= 0.6 is 0 Å². The summed E-state index contributed by atoms with van der Waals surface area (Å²) in [6.07, 6.45) is 0. The molecule has 0 bridgehead atoms. The van der Waals surface area contributed by atoms with Gasteiger partial charge >= 0.3 is 0 Å². The summed E-state index contributed by atoms with van der Waals surface area (Å²) in [7, 11) is 0. The fourth-order valence-corrected chi connectivity index (χ4v) is 1.67. The van der Waals surface area contributed by atoms with Crippen molar-refractivity contribution in [2.24, 2.45) is 5.73 Å². The molecule has 112 valence electrons. The molecule has 0 unspecified atom stereocenters.